The normalized spacial score (nSPS) is 12.5. The summed E-state index contributed by atoms with van der Waals surface area (Å²) in [7, 11) is 0. The quantitative estimate of drug-likeness (QED) is 0.590. The van der Waals surface area contributed by atoms with Gasteiger partial charge in [-0.15, -0.1) is 0 Å². The number of carbonyl (C=O) groups excluding carboxylic acids is 1. The molecule has 2 N–H and O–H groups in total. The lowest BCUT2D eigenvalue weighted by Crippen LogP contribution is -2.27. The van der Waals surface area contributed by atoms with E-state index in [0.29, 0.717) is 12.3 Å². The number of hydrogen-bond donors (Lipinski definition) is 2. The number of amides is 1. The Bertz CT molecular complexity index is 137. The molecule has 0 aromatic carbocycles. The van der Waals surface area contributed by atoms with E-state index in [9.17, 15) is 4.79 Å². The van der Waals surface area contributed by atoms with Crippen molar-refractivity contribution in [3.05, 3.63) is 0 Å². The van der Waals surface area contributed by atoms with Crippen molar-refractivity contribution < 1.29 is 9.90 Å². The van der Waals surface area contributed by atoms with Crippen LogP contribution in [-0.4, -0.2) is 24.2 Å². The van der Waals surface area contributed by atoms with E-state index in [4.69, 9.17) is 5.11 Å². The van der Waals surface area contributed by atoms with E-state index in [1.807, 2.05) is 0 Å². The molecule has 0 aliphatic carbocycles. The van der Waals surface area contributed by atoms with Gasteiger partial charge in [-0.05, 0) is 18.8 Å². The van der Waals surface area contributed by atoms with Gasteiger partial charge in [-0.1, -0.05) is 20.3 Å². The van der Waals surface area contributed by atoms with E-state index in [1.54, 1.807) is 0 Å². The minimum atomic E-state index is 0.105. The highest BCUT2D eigenvalue weighted by atomic mass is 16.2. The summed E-state index contributed by atoms with van der Waals surface area (Å²) < 4.78 is 0. The highest BCUT2D eigenvalue weighted by Crippen LogP contribution is 1.98. The summed E-state index contributed by atoms with van der Waals surface area (Å²) in [5.41, 5.74) is 0. The fourth-order valence-corrected chi connectivity index (χ4v) is 0.918. The topological polar surface area (TPSA) is 49.3 Å². The van der Waals surface area contributed by atoms with Gasteiger partial charge in [-0.2, -0.15) is 0 Å². The van der Waals surface area contributed by atoms with E-state index >= 15 is 0 Å². The zero-order chi connectivity index (χ0) is 10.1. The molecule has 13 heavy (non-hydrogen) atoms. The van der Waals surface area contributed by atoms with Crippen LogP contribution in [0.5, 0.6) is 0 Å². The molecule has 0 bridgehead atoms. The van der Waals surface area contributed by atoms with Crippen molar-refractivity contribution in [1.82, 2.24) is 5.32 Å². The molecule has 0 aromatic heterocycles. The zero-order valence-electron chi connectivity index (χ0n) is 8.68. The van der Waals surface area contributed by atoms with Crippen molar-refractivity contribution >= 4 is 5.91 Å². The van der Waals surface area contributed by atoms with Gasteiger partial charge < -0.3 is 10.4 Å². The lowest BCUT2D eigenvalue weighted by atomic mass is 10.1. The van der Waals surface area contributed by atoms with Gasteiger partial charge in [-0.25, -0.2) is 0 Å². The first-order chi connectivity index (χ1) is 6.20. The number of aliphatic hydroxyl groups is 1. The third-order valence-corrected chi connectivity index (χ3v) is 2.16. The van der Waals surface area contributed by atoms with Crippen LogP contribution in [0.4, 0.5) is 0 Å². The summed E-state index contributed by atoms with van der Waals surface area (Å²) in [5.74, 6) is 0.663. The summed E-state index contributed by atoms with van der Waals surface area (Å²) in [4.78, 5) is 11.1. The predicted octanol–water partition coefficient (Wildman–Crippen LogP) is 1.31. The van der Waals surface area contributed by atoms with E-state index in [-0.39, 0.29) is 12.5 Å². The summed E-state index contributed by atoms with van der Waals surface area (Å²) >= 11 is 0. The van der Waals surface area contributed by atoms with Crippen LogP contribution in [0, 0.1) is 5.92 Å². The van der Waals surface area contributed by atoms with Gasteiger partial charge in [-0.3, -0.25) is 4.79 Å². The van der Waals surface area contributed by atoms with Crippen LogP contribution in [0.2, 0.25) is 0 Å². The summed E-state index contributed by atoms with van der Waals surface area (Å²) in [6.07, 6.45) is 3.13. The Kier molecular flexibility index (Phi) is 7.69. The Hall–Kier alpha value is -0.570. The largest absolute Gasteiger partial charge is 0.396 e. The Morgan fingerprint density at radius 2 is 2.15 bits per heavy atom. The van der Waals surface area contributed by atoms with Gasteiger partial charge in [0.25, 0.3) is 0 Å². The molecule has 78 valence electrons. The fourth-order valence-electron chi connectivity index (χ4n) is 0.918. The standard InChI is InChI=1S/C10H21NO2/c1-3-9(2)8-11-10(13)6-4-5-7-12/h9,12H,3-8H2,1-2H3,(H,11,13). The maximum absolute atomic E-state index is 11.1. The minimum absolute atomic E-state index is 0.105. The van der Waals surface area contributed by atoms with Crippen molar-refractivity contribution in [3.63, 3.8) is 0 Å². The van der Waals surface area contributed by atoms with Crippen LogP contribution < -0.4 is 5.32 Å². The number of unbranched alkanes of at least 4 members (excludes halogenated alkanes) is 1. The number of carbonyl (C=O) groups is 1. The van der Waals surface area contributed by atoms with Crippen LogP contribution >= 0.6 is 0 Å². The average Bonchev–Trinajstić information content (AvgIpc) is 2.14. The number of aliphatic hydroxyl groups excluding tert-OH is 1. The Morgan fingerprint density at radius 1 is 1.46 bits per heavy atom. The fraction of sp³-hybridized carbons (Fsp3) is 0.900. The van der Waals surface area contributed by atoms with Crippen molar-refractivity contribution in [2.24, 2.45) is 5.92 Å². The van der Waals surface area contributed by atoms with Crippen molar-refractivity contribution in [2.45, 2.75) is 39.5 Å². The van der Waals surface area contributed by atoms with Gasteiger partial charge in [0, 0.05) is 19.6 Å². The first-order valence-electron chi connectivity index (χ1n) is 5.08. The molecule has 1 atom stereocenters. The molecule has 3 nitrogen and oxygen atoms in total. The molecule has 0 aromatic rings. The Labute approximate surface area is 80.5 Å². The van der Waals surface area contributed by atoms with Crippen LogP contribution in [0.3, 0.4) is 0 Å². The van der Waals surface area contributed by atoms with Crippen LogP contribution in [0.1, 0.15) is 39.5 Å². The molecule has 0 rings (SSSR count). The van der Waals surface area contributed by atoms with Gasteiger partial charge in [0.2, 0.25) is 5.91 Å². The summed E-state index contributed by atoms with van der Waals surface area (Å²) in [5, 5.41) is 11.4. The van der Waals surface area contributed by atoms with E-state index < -0.39 is 0 Å². The van der Waals surface area contributed by atoms with Crippen LogP contribution in [-0.2, 0) is 4.79 Å². The number of nitrogens with one attached hydrogen (secondary N) is 1. The summed E-state index contributed by atoms with van der Waals surface area (Å²) in [6, 6.07) is 0. The second kappa shape index (κ2) is 8.05. The number of hydrogen-bond acceptors (Lipinski definition) is 2. The van der Waals surface area contributed by atoms with Gasteiger partial charge >= 0.3 is 0 Å². The molecule has 0 saturated carbocycles. The van der Waals surface area contributed by atoms with Crippen LogP contribution in [0.15, 0.2) is 0 Å². The second-order valence-corrected chi connectivity index (χ2v) is 3.50. The molecule has 0 aliphatic heterocycles. The molecule has 0 radical (unpaired) electrons. The first kappa shape index (κ1) is 12.4. The van der Waals surface area contributed by atoms with Crippen LogP contribution in [0.25, 0.3) is 0 Å². The molecular formula is C10H21NO2. The predicted molar refractivity (Wildman–Crippen MR) is 53.4 cm³/mol. The molecule has 1 amide bonds. The SMILES string of the molecule is CCC(C)CNC(=O)CCCCO. The average molecular weight is 187 g/mol. The van der Waals surface area contributed by atoms with Gasteiger partial charge in [0.05, 0.1) is 0 Å². The zero-order valence-corrected chi connectivity index (χ0v) is 8.68. The van der Waals surface area contributed by atoms with Crippen molar-refractivity contribution in [1.29, 1.82) is 0 Å². The molecule has 0 fully saturated rings. The Balaban J connectivity index is 3.30. The second-order valence-electron chi connectivity index (χ2n) is 3.50. The van der Waals surface area contributed by atoms with Crippen molar-refractivity contribution in [3.8, 4) is 0 Å². The molecular weight excluding hydrogens is 166 g/mol. The Morgan fingerprint density at radius 3 is 2.69 bits per heavy atom. The van der Waals surface area contributed by atoms with Gasteiger partial charge in [0.1, 0.15) is 0 Å². The van der Waals surface area contributed by atoms with E-state index in [1.165, 1.54) is 0 Å². The maximum Gasteiger partial charge on any atom is 0.220 e. The van der Waals surface area contributed by atoms with Crippen molar-refractivity contribution in [2.75, 3.05) is 13.2 Å². The monoisotopic (exact) mass is 187 g/mol. The molecule has 1 unspecified atom stereocenters. The third-order valence-electron chi connectivity index (χ3n) is 2.16. The highest BCUT2D eigenvalue weighted by Gasteiger charge is 2.02. The minimum Gasteiger partial charge on any atom is -0.396 e. The smallest absolute Gasteiger partial charge is 0.220 e. The highest BCUT2D eigenvalue weighted by molar-refractivity contribution is 5.75. The third kappa shape index (κ3) is 7.78. The summed E-state index contributed by atoms with van der Waals surface area (Å²) in [6.45, 7) is 5.18. The lowest BCUT2D eigenvalue weighted by Gasteiger charge is -2.09. The molecule has 3 heteroatoms. The van der Waals surface area contributed by atoms with E-state index in [2.05, 4.69) is 19.2 Å². The lowest BCUT2D eigenvalue weighted by molar-refractivity contribution is -0.121. The molecule has 0 saturated heterocycles. The van der Waals surface area contributed by atoms with Gasteiger partial charge in [0.15, 0.2) is 0 Å². The van der Waals surface area contributed by atoms with E-state index in [0.717, 1.165) is 25.8 Å². The molecule has 0 heterocycles. The number of rotatable bonds is 7. The maximum atomic E-state index is 11.1. The first-order valence-corrected chi connectivity index (χ1v) is 5.08. The molecule has 0 spiro atoms. The molecule has 0 aliphatic rings.